The van der Waals surface area contributed by atoms with Crippen molar-refractivity contribution >= 4 is 46.3 Å². The zero-order valence-corrected chi connectivity index (χ0v) is 14.0. The molecular formula is C18H13Cl2N3O. The summed E-state index contributed by atoms with van der Waals surface area (Å²) in [6, 6.07) is 17.7. The van der Waals surface area contributed by atoms with Crippen molar-refractivity contribution in [3.63, 3.8) is 0 Å². The summed E-state index contributed by atoms with van der Waals surface area (Å²) in [7, 11) is 0. The first kappa shape index (κ1) is 16.3. The van der Waals surface area contributed by atoms with E-state index in [0.29, 0.717) is 27.1 Å². The maximum Gasteiger partial charge on any atom is 0.257 e. The van der Waals surface area contributed by atoms with Gasteiger partial charge in [-0.2, -0.15) is 0 Å². The lowest BCUT2D eigenvalue weighted by molar-refractivity contribution is 0.102. The number of amides is 1. The summed E-state index contributed by atoms with van der Waals surface area (Å²) in [6.45, 7) is 0. The molecule has 0 saturated heterocycles. The smallest absolute Gasteiger partial charge is 0.257 e. The third-order valence-electron chi connectivity index (χ3n) is 3.26. The van der Waals surface area contributed by atoms with Gasteiger partial charge in [0.25, 0.3) is 5.91 Å². The van der Waals surface area contributed by atoms with Crippen molar-refractivity contribution < 1.29 is 4.79 Å². The topological polar surface area (TPSA) is 54.0 Å². The number of benzene rings is 2. The fourth-order valence-corrected chi connectivity index (χ4v) is 2.35. The normalized spacial score (nSPS) is 10.2. The minimum atomic E-state index is -0.242. The van der Waals surface area contributed by atoms with Crippen LogP contribution in [-0.2, 0) is 0 Å². The van der Waals surface area contributed by atoms with E-state index < -0.39 is 0 Å². The molecule has 2 N–H and O–H groups in total. The van der Waals surface area contributed by atoms with Gasteiger partial charge in [0, 0.05) is 16.9 Å². The standard InChI is InChI=1S/C18H13Cl2N3O/c19-13-6-8-14(9-7-13)22-18(24)12-5-10-17(21-11-12)23-16-4-2-1-3-15(16)20/h1-11H,(H,21,23)(H,22,24). The van der Waals surface area contributed by atoms with Crippen LogP contribution in [0.2, 0.25) is 10.0 Å². The number of rotatable bonds is 4. The van der Waals surface area contributed by atoms with Gasteiger partial charge in [-0.15, -0.1) is 0 Å². The van der Waals surface area contributed by atoms with Crippen LogP contribution in [0.1, 0.15) is 10.4 Å². The van der Waals surface area contributed by atoms with Gasteiger partial charge in [-0.25, -0.2) is 4.98 Å². The molecule has 0 aliphatic heterocycles. The van der Waals surface area contributed by atoms with E-state index in [9.17, 15) is 4.79 Å². The summed E-state index contributed by atoms with van der Waals surface area (Å²) >= 11 is 11.9. The van der Waals surface area contributed by atoms with Gasteiger partial charge in [0.1, 0.15) is 5.82 Å². The Morgan fingerprint density at radius 2 is 1.67 bits per heavy atom. The number of aromatic nitrogens is 1. The molecule has 24 heavy (non-hydrogen) atoms. The van der Waals surface area contributed by atoms with Gasteiger partial charge in [0.15, 0.2) is 0 Å². The Hall–Kier alpha value is -2.56. The van der Waals surface area contributed by atoms with Gasteiger partial charge in [-0.1, -0.05) is 35.3 Å². The Kier molecular flexibility index (Phi) is 4.99. The molecule has 0 atom stereocenters. The molecule has 0 aliphatic rings. The SMILES string of the molecule is O=C(Nc1ccc(Cl)cc1)c1ccc(Nc2ccccc2Cl)nc1. The van der Waals surface area contributed by atoms with Crippen molar-refractivity contribution in [2.45, 2.75) is 0 Å². The van der Waals surface area contributed by atoms with E-state index in [2.05, 4.69) is 15.6 Å². The second kappa shape index (κ2) is 7.34. The summed E-state index contributed by atoms with van der Waals surface area (Å²) in [6.07, 6.45) is 1.50. The highest BCUT2D eigenvalue weighted by molar-refractivity contribution is 6.33. The molecule has 0 aliphatic carbocycles. The number of para-hydroxylation sites is 1. The Balaban J connectivity index is 1.68. The maximum atomic E-state index is 12.2. The number of hydrogen-bond donors (Lipinski definition) is 2. The van der Waals surface area contributed by atoms with Crippen LogP contribution in [-0.4, -0.2) is 10.9 Å². The molecule has 0 saturated carbocycles. The highest BCUT2D eigenvalue weighted by Gasteiger charge is 2.07. The predicted molar refractivity (Wildman–Crippen MR) is 98.4 cm³/mol. The number of halogens is 2. The van der Waals surface area contributed by atoms with Gasteiger partial charge < -0.3 is 10.6 Å². The van der Waals surface area contributed by atoms with Crippen LogP contribution in [0.15, 0.2) is 66.9 Å². The largest absolute Gasteiger partial charge is 0.339 e. The zero-order chi connectivity index (χ0) is 16.9. The van der Waals surface area contributed by atoms with E-state index >= 15 is 0 Å². The molecule has 0 spiro atoms. The van der Waals surface area contributed by atoms with Crippen molar-refractivity contribution in [3.05, 3.63) is 82.5 Å². The minimum Gasteiger partial charge on any atom is -0.339 e. The van der Waals surface area contributed by atoms with E-state index in [1.807, 2.05) is 18.2 Å². The van der Waals surface area contributed by atoms with Gasteiger partial charge in [-0.05, 0) is 48.5 Å². The van der Waals surface area contributed by atoms with E-state index in [4.69, 9.17) is 23.2 Å². The van der Waals surface area contributed by atoms with Gasteiger partial charge in [-0.3, -0.25) is 4.79 Å². The number of pyridine rings is 1. The summed E-state index contributed by atoms with van der Waals surface area (Å²) in [5.74, 6) is 0.361. The molecule has 6 heteroatoms. The van der Waals surface area contributed by atoms with Crippen molar-refractivity contribution in [2.75, 3.05) is 10.6 Å². The van der Waals surface area contributed by atoms with E-state index in [1.54, 1.807) is 42.5 Å². The first-order valence-electron chi connectivity index (χ1n) is 7.16. The Bertz CT molecular complexity index is 849. The first-order chi connectivity index (χ1) is 11.6. The highest BCUT2D eigenvalue weighted by Crippen LogP contribution is 2.24. The van der Waals surface area contributed by atoms with Crippen LogP contribution in [0.3, 0.4) is 0 Å². The van der Waals surface area contributed by atoms with E-state index in [1.165, 1.54) is 6.20 Å². The molecular weight excluding hydrogens is 345 g/mol. The van der Waals surface area contributed by atoms with Gasteiger partial charge in [0.2, 0.25) is 0 Å². The maximum absolute atomic E-state index is 12.2. The second-order valence-electron chi connectivity index (χ2n) is 5.00. The second-order valence-corrected chi connectivity index (χ2v) is 5.84. The Morgan fingerprint density at radius 3 is 2.33 bits per heavy atom. The Morgan fingerprint density at radius 1 is 0.917 bits per heavy atom. The van der Waals surface area contributed by atoms with Crippen molar-refractivity contribution in [2.24, 2.45) is 0 Å². The number of nitrogens with zero attached hydrogens (tertiary/aromatic N) is 1. The lowest BCUT2D eigenvalue weighted by atomic mass is 10.2. The minimum absolute atomic E-state index is 0.242. The molecule has 0 fully saturated rings. The molecule has 1 aromatic heterocycles. The molecule has 120 valence electrons. The molecule has 2 aromatic carbocycles. The fourth-order valence-electron chi connectivity index (χ4n) is 2.04. The van der Waals surface area contributed by atoms with Crippen LogP contribution in [0.5, 0.6) is 0 Å². The number of nitrogens with one attached hydrogen (secondary N) is 2. The predicted octanol–water partition coefficient (Wildman–Crippen LogP) is 5.38. The molecule has 1 heterocycles. The molecule has 3 rings (SSSR count). The molecule has 0 radical (unpaired) electrons. The summed E-state index contributed by atoms with van der Waals surface area (Å²) < 4.78 is 0. The van der Waals surface area contributed by atoms with Crippen LogP contribution >= 0.6 is 23.2 Å². The number of hydrogen-bond acceptors (Lipinski definition) is 3. The third kappa shape index (κ3) is 4.04. The molecule has 1 amide bonds. The van der Waals surface area contributed by atoms with Crippen LogP contribution < -0.4 is 10.6 Å². The number of anilines is 3. The van der Waals surface area contributed by atoms with E-state index in [-0.39, 0.29) is 5.91 Å². The number of carbonyl (C=O) groups is 1. The number of carbonyl (C=O) groups excluding carboxylic acids is 1. The highest BCUT2D eigenvalue weighted by atomic mass is 35.5. The quantitative estimate of drug-likeness (QED) is 0.658. The summed E-state index contributed by atoms with van der Waals surface area (Å²) in [5, 5.41) is 7.11. The third-order valence-corrected chi connectivity index (χ3v) is 3.85. The first-order valence-corrected chi connectivity index (χ1v) is 7.92. The average molecular weight is 358 g/mol. The lowest BCUT2D eigenvalue weighted by Gasteiger charge is -2.08. The average Bonchev–Trinajstić information content (AvgIpc) is 2.59. The molecule has 0 bridgehead atoms. The van der Waals surface area contributed by atoms with Crippen molar-refractivity contribution in [1.82, 2.24) is 4.98 Å². The lowest BCUT2D eigenvalue weighted by Crippen LogP contribution is -2.12. The van der Waals surface area contributed by atoms with Crippen molar-refractivity contribution in [3.8, 4) is 0 Å². The van der Waals surface area contributed by atoms with Gasteiger partial charge in [0.05, 0.1) is 16.3 Å². The van der Waals surface area contributed by atoms with Crippen LogP contribution in [0.25, 0.3) is 0 Å². The zero-order valence-electron chi connectivity index (χ0n) is 12.5. The molecule has 3 aromatic rings. The van der Waals surface area contributed by atoms with E-state index in [0.717, 1.165) is 5.69 Å². The monoisotopic (exact) mass is 357 g/mol. The molecule has 4 nitrogen and oxygen atoms in total. The van der Waals surface area contributed by atoms with Gasteiger partial charge >= 0.3 is 0 Å². The Labute approximate surface area is 149 Å². The summed E-state index contributed by atoms with van der Waals surface area (Å²) in [4.78, 5) is 16.4. The molecule has 0 unspecified atom stereocenters. The van der Waals surface area contributed by atoms with Crippen LogP contribution in [0.4, 0.5) is 17.2 Å². The van der Waals surface area contributed by atoms with Crippen molar-refractivity contribution in [1.29, 1.82) is 0 Å². The summed E-state index contributed by atoms with van der Waals surface area (Å²) in [5.41, 5.74) is 1.88. The fraction of sp³-hybridized carbons (Fsp3) is 0. The van der Waals surface area contributed by atoms with Crippen LogP contribution in [0, 0.1) is 0 Å².